The number of ether oxygens (including phenoxy) is 4. The molecule has 27 heavy (non-hydrogen) atoms. The van der Waals surface area contributed by atoms with Crippen LogP contribution in [0.3, 0.4) is 0 Å². The fraction of sp³-hybridized carbons (Fsp3) is 0.333. The molecular weight excluding hydrogens is 346 g/mol. The van der Waals surface area contributed by atoms with Gasteiger partial charge >= 0.3 is 0 Å². The molecule has 0 unspecified atom stereocenters. The third-order valence-corrected chi connectivity index (χ3v) is 3.76. The maximum atomic E-state index is 11.8. The van der Waals surface area contributed by atoms with Crippen molar-refractivity contribution in [2.75, 3.05) is 40.6 Å². The number of benzene rings is 2. The SMILES string of the molecule is COCCc1ccc(OC[CH]CNC(=O)COc2ccccc2OC)cc1. The summed E-state index contributed by atoms with van der Waals surface area (Å²) in [5, 5.41) is 2.75. The first-order valence-corrected chi connectivity index (χ1v) is 8.77. The number of carbonyl (C=O) groups is 1. The van der Waals surface area contributed by atoms with Crippen molar-refractivity contribution in [1.82, 2.24) is 5.32 Å². The van der Waals surface area contributed by atoms with Gasteiger partial charge in [-0.2, -0.15) is 0 Å². The molecule has 0 aliphatic rings. The van der Waals surface area contributed by atoms with Gasteiger partial charge in [-0.05, 0) is 36.2 Å². The molecule has 1 amide bonds. The molecule has 0 heterocycles. The molecule has 0 spiro atoms. The summed E-state index contributed by atoms with van der Waals surface area (Å²) in [6, 6.07) is 15.1. The van der Waals surface area contributed by atoms with Gasteiger partial charge in [0.2, 0.25) is 0 Å². The van der Waals surface area contributed by atoms with Crippen LogP contribution >= 0.6 is 0 Å². The first-order valence-electron chi connectivity index (χ1n) is 8.77. The van der Waals surface area contributed by atoms with Crippen LogP contribution in [0.25, 0.3) is 0 Å². The van der Waals surface area contributed by atoms with Crippen molar-refractivity contribution in [3.8, 4) is 17.2 Å². The molecule has 0 aromatic heterocycles. The van der Waals surface area contributed by atoms with Crippen molar-refractivity contribution in [2.45, 2.75) is 6.42 Å². The summed E-state index contributed by atoms with van der Waals surface area (Å²) in [7, 11) is 3.25. The van der Waals surface area contributed by atoms with Gasteiger partial charge in [-0.15, -0.1) is 0 Å². The lowest BCUT2D eigenvalue weighted by atomic mass is 10.1. The number of rotatable bonds is 12. The summed E-state index contributed by atoms with van der Waals surface area (Å²) < 4.78 is 21.3. The Hall–Kier alpha value is -2.73. The van der Waals surface area contributed by atoms with Gasteiger partial charge in [0.15, 0.2) is 18.1 Å². The van der Waals surface area contributed by atoms with Gasteiger partial charge in [0, 0.05) is 20.1 Å². The summed E-state index contributed by atoms with van der Waals surface area (Å²) >= 11 is 0. The van der Waals surface area contributed by atoms with Crippen molar-refractivity contribution in [1.29, 1.82) is 0 Å². The first-order chi connectivity index (χ1) is 13.2. The molecule has 0 aliphatic heterocycles. The van der Waals surface area contributed by atoms with E-state index in [0.29, 0.717) is 31.3 Å². The van der Waals surface area contributed by atoms with Crippen molar-refractivity contribution in [3.63, 3.8) is 0 Å². The molecule has 0 saturated heterocycles. The number of nitrogens with one attached hydrogen (secondary N) is 1. The Balaban J connectivity index is 1.59. The molecule has 1 radical (unpaired) electrons. The second kappa shape index (κ2) is 11.8. The fourth-order valence-electron chi connectivity index (χ4n) is 2.30. The largest absolute Gasteiger partial charge is 0.493 e. The molecule has 0 aliphatic carbocycles. The van der Waals surface area contributed by atoms with Gasteiger partial charge in [-0.3, -0.25) is 4.79 Å². The Morgan fingerprint density at radius 2 is 1.74 bits per heavy atom. The second-order valence-electron chi connectivity index (χ2n) is 5.73. The molecule has 145 valence electrons. The van der Waals surface area contributed by atoms with Gasteiger partial charge in [-0.25, -0.2) is 0 Å². The molecule has 1 N–H and O–H groups in total. The average molecular weight is 372 g/mol. The molecule has 2 aromatic carbocycles. The van der Waals surface area contributed by atoms with Gasteiger partial charge < -0.3 is 24.3 Å². The Morgan fingerprint density at radius 1 is 1.00 bits per heavy atom. The van der Waals surface area contributed by atoms with Crippen molar-refractivity contribution in [3.05, 3.63) is 60.5 Å². The minimum absolute atomic E-state index is 0.0714. The van der Waals surface area contributed by atoms with Gasteiger partial charge in [0.05, 0.1) is 20.3 Å². The Morgan fingerprint density at radius 3 is 2.44 bits per heavy atom. The third kappa shape index (κ3) is 7.58. The normalized spacial score (nSPS) is 10.3. The average Bonchev–Trinajstić information content (AvgIpc) is 2.71. The highest BCUT2D eigenvalue weighted by atomic mass is 16.5. The van der Waals surface area contributed by atoms with Crippen LogP contribution in [0.2, 0.25) is 0 Å². The van der Waals surface area contributed by atoms with E-state index < -0.39 is 0 Å². The predicted molar refractivity (Wildman–Crippen MR) is 103 cm³/mol. The van der Waals surface area contributed by atoms with E-state index in [1.807, 2.05) is 42.8 Å². The molecular formula is C21H26NO5. The molecule has 2 rings (SSSR count). The summed E-state index contributed by atoms with van der Waals surface area (Å²) in [6.45, 7) is 1.44. The van der Waals surface area contributed by atoms with E-state index in [4.69, 9.17) is 18.9 Å². The minimum Gasteiger partial charge on any atom is -0.493 e. The van der Waals surface area contributed by atoms with Gasteiger partial charge in [0.25, 0.3) is 5.91 Å². The summed E-state index contributed by atoms with van der Waals surface area (Å²) in [5.74, 6) is 1.72. The van der Waals surface area contributed by atoms with Crippen molar-refractivity contribution in [2.24, 2.45) is 0 Å². The molecule has 0 bridgehead atoms. The van der Waals surface area contributed by atoms with Crippen LogP contribution in [0.1, 0.15) is 5.56 Å². The number of hydrogen-bond donors (Lipinski definition) is 1. The number of amides is 1. The van der Waals surface area contributed by atoms with Crippen LogP contribution in [-0.2, 0) is 16.0 Å². The van der Waals surface area contributed by atoms with E-state index >= 15 is 0 Å². The highest BCUT2D eigenvalue weighted by molar-refractivity contribution is 5.77. The molecule has 0 saturated carbocycles. The van der Waals surface area contributed by atoms with Crippen LogP contribution < -0.4 is 19.5 Å². The van der Waals surface area contributed by atoms with E-state index in [9.17, 15) is 4.79 Å². The zero-order chi connectivity index (χ0) is 19.3. The van der Waals surface area contributed by atoms with Gasteiger partial charge in [0.1, 0.15) is 5.75 Å². The predicted octanol–water partition coefficient (Wildman–Crippen LogP) is 2.66. The Kier molecular flexibility index (Phi) is 9.00. The fourth-order valence-corrected chi connectivity index (χ4v) is 2.30. The van der Waals surface area contributed by atoms with Crippen molar-refractivity contribution >= 4 is 5.91 Å². The summed E-state index contributed by atoms with van der Waals surface area (Å²) in [6.07, 6.45) is 2.73. The van der Waals surface area contributed by atoms with Crippen molar-refractivity contribution < 1.29 is 23.7 Å². The minimum atomic E-state index is -0.209. The Bertz CT molecular complexity index is 687. The number of carbonyl (C=O) groups excluding carboxylic acids is 1. The van der Waals surface area contributed by atoms with E-state index in [2.05, 4.69) is 5.32 Å². The van der Waals surface area contributed by atoms with E-state index in [0.717, 1.165) is 12.2 Å². The van der Waals surface area contributed by atoms with Crippen LogP contribution in [-0.4, -0.2) is 46.5 Å². The van der Waals surface area contributed by atoms with Crippen LogP contribution in [0.15, 0.2) is 48.5 Å². The molecule has 0 fully saturated rings. The molecule has 0 atom stereocenters. The summed E-state index contributed by atoms with van der Waals surface area (Å²) in [4.78, 5) is 11.8. The van der Waals surface area contributed by atoms with Crippen LogP contribution in [0.5, 0.6) is 17.2 Å². The highest BCUT2D eigenvalue weighted by Gasteiger charge is 2.06. The smallest absolute Gasteiger partial charge is 0.257 e. The van der Waals surface area contributed by atoms with Gasteiger partial charge in [-0.1, -0.05) is 24.3 Å². The highest BCUT2D eigenvalue weighted by Crippen LogP contribution is 2.25. The van der Waals surface area contributed by atoms with E-state index in [1.165, 1.54) is 5.56 Å². The monoisotopic (exact) mass is 372 g/mol. The number of para-hydroxylation sites is 2. The van der Waals surface area contributed by atoms with Crippen LogP contribution in [0.4, 0.5) is 0 Å². The molecule has 6 heteroatoms. The van der Waals surface area contributed by atoms with Crippen LogP contribution in [0, 0.1) is 6.42 Å². The zero-order valence-electron chi connectivity index (χ0n) is 15.8. The number of hydrogen-bond acceptors (Lipinski definition) is 5. The number of methoxy groups -OCH3 is 2. The van der Waals surface area contributed by atoms with E-state index in [-0.39, 0.29) is 12.5 Å². The standard InChI is InChI=1S/C21H26NO5/c1-24-15-12-17-8-10-18(11-9-17)26-14-5-13-22-21(23)16-27-20-7-4-3-6-19(20)25-2/h3-11H,12-16H2,1-2H3,(H,22,23). The quantitative estimate of drug-likeness (QED) is 0.580. The lowest BCUT2D eigenvalue weighted by molar-refractivity contribution is -0.122. The molecule has 6 nitrogen and oxygen atoms in total. The second-order valence-corrected chi connectivity index (χ2v) is 5.73. The first kappa shape index (κ1) is 20.6. The zero-order valence-corrected chi connectivity index (χ0v) is 15.8. The maximum Gasteiger partial charge on any atom is 0.257 e. The summed E-state index contributed by atoms with van der Waals surface area (Å²) in [5.41, 5.74) is 1.20. The molecule has 2 aromatic rings. The Labute approximate surface area is 160 Å². The van der Waals surface area contributed by atoms with E-state index in [1.54, 1.807) is 26.4 Å². The lowest BCUT2D eigenvalue weighted by Gasteiger charge is -2.11. The third-order valence-electron chi connectivity index (χ3n) is 3.76. The topological polar surface area (TPSA) is 66.0 Å². The lowest BCUT2D eigenvalue weighted by Crippen LogP contribution is -2.30. The maximum absolute atomic E-state index is 11.8.